The highest BCUT2D eigenvalue weighted by Gasteiger charge is 2.32. The van der Waals surface area contributed by atoms with Crippen LogP contribution in [-0.2, 0) is 15.0 Å². The first-order valence-electron chi connectivity index (χ1n) is 7.27. The van der Waals surface area contributed by atoms with Crippen LogP contribution < -0.4 is 10.6 Å². The summed E-state index contributed by atoms with van der Waals surface area (Å²) in [7, 11) is 0. The van der Waals surface area contributed by atoms with Gasteiger partial charge in [-0.25, -0.2) is 4.98 Å². The molecule has 1 atom stereocenters. The van der Waals surface area contributed by atoms with Gasteiger partial charge in [-0.3, -0.25) is 9.59 Å². The van der Waals surface area contributed by atoms with Crippen molar-refractivity contribution in [1.29, 1.82) is 0 Å². The monoisotopic (exact) mass is 302 g/mol. The summed E-state index contributed by atoms with van der Waals surface area (Å²) in [6.45, 7) is 11.6. The number of carbonyl (C=O) groups is 2. The van der Waals surface area contributed by atoms with Gasteiger partial charge in [0.15, 0.2) is 0 Å². The number of H-pyrrole nitrogens is 1. The minimum atomic E-state index is -0.507. The molecule has 1 saturated heterocycles. The van der Waals surface area contributed by atoms with Gasteiger partial charge in [-0.2, -0.15) is 0 Å². The summed E-state index contributed by atoms with van der Waals surface area (Å²) < 4.78 is 0. The Kier molecular flexibility index (Phi) is 4.21. The van der Waals surface area contributed by atoms with Crippen LogP contribution in [0.25, 0.3) is 6.08 Å². The van der Waals surface area contributed by atoms with Crippen LogP contribution in [0, 0.1) is 5.92 Å². The van der Waals surface area contributed by atoms with Gasteiger partial charge < -0.3 is 15.6 Å². The lowest BCUT2D eigenvalue weighted by atomic mass is 9.88. The Morgan fingerprint density at radius 2 is 2.05 bits per heavy atom. The number of rotatable bonds is 4. The number of aromatic amines is 1. The standard InChI is InChI=1S/C16H22N4O2/c1-6-16(4,5)13-10(17-8-18-13)7-11-14(21)20-12(9(2)3)15(22)19-11/h6-9,12H,1H2,2-5H3,(H,17,18)(H,19,22)(H,20,21)/b11-7-/t12-/m0/s1. The van der Waals surface area contributed by atoms with E-state index in [2.05, 4.69) is 27.2 Å². The second kappa shape index (κ2) is 5.79. The Balaban J connectivity index is 2.32. The number of hydrogen-bond acceptors (Lipinski definition) is 3. The highest BCUT2D eigenvalue weighted by atomic mass is 16.2. The minimum Gasteiger partial charge on any atom is -0.347 e. The third-order valence-corrected chi connectivity index (χ3v) is 3.84. The Bertz CT molecular complexity index is 640. The predicted octanol–water partition coefficient (Wildman–Crippen LogP) is 1.48. The first-order chi connectivity index (χ1) is 10.3. The molecule has 2 amide bonds. The normalized spacial score (nSPS) is 21.0. The number of imidazole rings is 1. The van der Waals surface area contributed by atoms with Crippen molar-refractivity contribution >= 4 is 17.9 Å². The molecule has 0 aromatic carbocycles. The van der Waals surface area contributed by atoms with Crippen LogP contribution >= 0.6 is 0 Å². The zero-order valence-electron chi connectivity index (χ0n) is 13.4. The van der Waals surface area contributed by atoms with Crippen LogP contribution in [0.3, 0.4) is 0 Å². The highest BCUT2D eigenvalue weighted by molar-refractivity contribution is 6.07. The number of carbonyl (C=O) groups excluding carboxylic acids is 2. The SMILES string of the molecule is C=CC(C)(C)c1[nH]cnc1/C=C1\NC(=O)[C@H](C(C)C)NC1=O. The summed E-state index contributed by atoms with van der Waals surface area (Å²) in [4.78, 5) is 31.5. The lowest BCUT2D eigenvalue weighted by Gasteiger charge is -2.27. The largest absolute Gasteiger partial charge is 0.347 e. The van der Waals surface area contributed by atoms with E-state index in [9.17, 15) is 9.59 Å². The molecule has 0 aliphatic carbocycles. The van der Waals surface area contributed by atoms with Crippen molar-refractivity contribution < 1.29 is 9.59 Å². The third-order valence-electron chi connectivity index (χ3n) is 3.84. The number of hydrogen-bond donors (Lipinski definition) is 3. The smallest absolute Gasteiger partial charge is 0.268 e. The summed E-state index contributed by atoms with van der Waals surface area (Å²) >= 11 is 0. The lowest BCUT2D eigenvalue weighted by Crippen LogP contribution is -2.56. The van der Waals surface area contributed by atoms with Crippen LogP contribution in [-0.4, -0.2) is 27.8 Å². The van der Waals surface area contributed by atoms with E-state index in [1.54, 1.807) is 18.5 Å². The maximum absolute atomic E-state index is 12.2. The molecule has 0 saturated carbocycles. The van der Waals surface area contributed by atoms with E-state index in [1.165, 1.54) is 0 Å². The van der Waals surface area contributed by atoms with Gasteiger partial charge in [-0.05, 0) is 12.0 Å². The molecule has 3 N–H and O–H groups in total. The van der Waals surface area contributed by atoms with Crippen molar-refractivity contribution in [2.75, 3.05) is 0 Å². The van der Waals surface area contributed by atoms with Gasteiger partial charge in [0.25, 0.3) is 5.91 Å². The van der Waals surface area contributed by atoms with Gasteiger partial charge >= 0.3 is 0 Å². The molecule has 6 heteroatoms. The molecule has 0 radical (unpaired) electrons. The van der Waals surface area contributed by atoms with E-state index >= 15 is 0 Å². The van der Waals surface area contributed by atoms with Crippen molar-refractivity contribution in [3.63, 3.8) is 0 Å². The van der Waals surface area contributed by atoms with E-state index in [4.69, 9.17) is 0 Å². The molecule has 0 unspecified atom stereocenters. The van der Waals surface area contributed by atoms with Crippen LogP contribution in [0.1, 0.15) is 39.1 Å². The maximum atomic E-state index is 12.2. The summed E-state index contributed by atoms with van der Waals surface area (Å²) in [5.41, 5.74) is 1.33. The van der Waals surface area contributed by atoms with Crippen molar-refractivity contribution in [1.82, 2.24) is 20.6 Å². The van der Waals surface area contributed by atoms with Crippen molar-refractivity contribution in [2.45, 2.75) is 39.2 Å². The van der Waals surface area contributed by atoms with E-state index in [-0.39, 0.29) is 28.8 Å². The fourth-order valence-corrected chi connectivity index (χ4v) is 2.29. The van der Waals surface area contributed by atoms with Crippen LogP contribution in [0.15, 0.2) is 24.7 Å². The number of nitrogens with zero attached hydrogens (tertiary/aromatic N) is 1. The summed E-state index contributed by atoms with van der Waals surface area (Å²) in [6.07, 6.45) is 4.95. The molecule has 6 nitrogen and oxygen atoms in total. The Morgan fingerprint density at radius 3 is 2.64 bits per heavy atom. The average molecular weight is 302 g/mol. The van der Waals surface area contributed by atoms with Crippen LogP contribution in [0.5, 0.6) is 0 Å². The van der Waals surface area contributed by atoms with E-state index in [1.807, 2.05) is 27.7 Å². The minimum absolute atomic E-state index is 0.0335. The molecule has 1 fully saturated rings. The Morgan fingerprint density at radius 1 is 1.36 bits per heavy atom. The lowest BCUT2D eigenvalue weighted by molar-refractivity contribution is -0.132. The van der Waals surface area contributed by atoms with Gasteiger partial charge in [-0.1, -0.05) is 33.8 Å². The molecule has 1 aliphatic rings. The molecule has 0 spiro atoms. The summed E-state index contributed by atoms with van der Waals surface area (Å²) in [6, 6.07) is -0.507. The first-order valence-corrected chi connectivity index (χ1v) is 7.27. The first kappa shape index (κ1) is 16.0. The molecule has 0 bridgehead atoms. The molecule has 118 valence electrons. The fourth-order valence-electron chi connectivity index (χ4n) is 2.29. The van der Waals surface area contributed by atoms with Gasteiger partial charge in [0.2, 0.25) is 5.91 Å². The molecule has 2 heterocycles. The van der Waals surface area contributed by atoms with Crippen molar-refractivity contribution in [3.05, 3.63) is 36.1 Å². The van der Waals surface area contributed by atoms with Gasteiger partial charge in [0.1, 0.15) is 11.7 Å². The second-order valence-electron chi connectivity index (χ2n) is 6.33. The topological polar surface area (TPSA) is 86.9 Å². The van der Waals surface area contributed by atoms with E-state index in [0.717, 1.165) is 5.69 Å². The summed E-state index contributed by atoms with van der Waals surface area (Å²) in [5.74, 6) is -0.476. The highest BCUT2D eigenvalue weighted by Crippen LogP contribution is 2.26. The number of nitrogens with one attached hydrogen (secondary N) is 3. The Labute approximate surface area is 130 Å². The Hall–Kier alpha value is -2.37. The molecular formula is C16H22N4O2. The van der Waals surface area contributed by atoms with E-state index in [0.29, 0.717) is 5.69 Å². The van der Waals surface area contributed by atoms with Gasteiger partial charge in [-0.15, -0.1) is 6.58 Å². The van der Waals surface area contributed by atoms with Crippen molar-refractivity contribution in [3.8, 4) is 0 Å². The molecule has 1 aromatic rings. The van der Waals surface area contributed by atoms with Crippen LogP contribution in [0.4, 0.5) is 0 Å². The molecular weight excluding hydrogens is 280 g/mol. The zero-order chi connectivity index (χ0) is 16.5. The quantitative estimate of drug-likeness (QED) is 0.581. The zero-order valence-corrected chi connectivity index (χ0v) is 13.4. The number of aromatic nitrogens is 2. The number of amides is 2. The third kappa shape index (κ3) is 2.95. The fraction of sp³-hybridized carbons (Fsp3) is 0.438. The van der Waals surface area contributed by atoms with E-state index < -0.39 is 6.04 Å². The molecule has 1 aliphatic heterocycles. The van der Waals surface area contributed by atoms with Gasteiger partial charge in [0.05, 0.1) is 17.7 Å². The molecule has 2 rings (SSSR count). The second-order valence-corrected chi connectivity index (χ2v) is 6.33. The predicted molar refractivity (Wildman–Crippen MR) is 84.7 cm³/mol. The van der Waals surface area contributed by atoms with Crippen LogP contribution in [0.2, 0.25) is 0 Å². The molecule has 1 aromatic heterocycles. The average Bonchev–Trinajstić information content (AvgIpc) is 2.91. The van der Waals surface area contributed by atoms with Crippen molar-refractivity contribution in [2.24, 2.45) is 5.92 Å². The van der Waals surface area contributed by atoms with Gasteiger partial charge in [0, 0.05) is 5.41 Å². The maximum Gasteiger partial charge on any atom is 0.268 e. The number of piperazine rings is 1. The number of allylic oxidation sites excluding steroid dienone is 1. The summed E-state index contributed by atoms with van der Waals surface area (Å²) in [5, 5.41) is 5.39. The molecule has 22 heavy (non-hydrogen) atoms.